The van der Waals surface area contributed by atoms with Crippen LogP contribution < -0.4 is 0 Å². The van der Waals surface area contributed by atoms with Crippen molar-refractivity contribution in [2.75, 3.05) is 0 Å². The average Bonchev–Trinajstić information content (AvgIpc) is 3.59. The Morgan fingerprint density at radius 3 is 1.62 bits per heavy atom. The van der Waals surface area contributed by atoms with Crippen molar-refractivity contribution in [3.05, 3.63) is 152 Å². The van der Waals surface area contributed by atoms with E-state index in [-0.39, 0.29) is 0 Å². The summed E-state index contributed by atoms with van der Waals surface area (Å²) in [6, 6.07) is 54.1. The predicted molar refractivity (Wildman–Crippen MR) is 176 cm³/mol. The molecule has 0 bridgehead atoms. The second kappa shape index (κ2) is 8.95. The van der Waals surface area contributed by atoms with Gasteiger partial charge >= 0.3 is 0 Å². The van der Waals surface area contributed by atoms with Gasteiger partial charge in [-0.25, -0.2) is 0 Å². The highest BCUT2D eigenvalue weighted by molar-refractivity contribution is 6.29. The van der Waals surface area contributed by atoms with Crippen LogP contribution >= 0.6 is 0 Å². The fourth-order valence-corrected chi connectivity index (χ4v) is 6.91. The van der Waals surface area contributed by atoms with Crippen LogP contribution in [0, 0.1) is 0 Å². The van der Waals surface area contributed by atoms with E-state index in [2.05, 4.69) is 156 Å². The van der Waals surface area contributed by atoms with Gasteiger partial charge in [-0.1, -0.05) is 127 Å². The molecule has 0 radical (unpaired) electrons. The van der Waals surface area contributed by atoms with E-state index in [1.54, 1.807) is 0 Å². The van der Waals surface area contributed by atoms with Gasteiger partial charge in [0.2, 0.25) is 5.71 Å². The van der Waals surface area contributed by atoms with Gasteiger partial charge in [0, 0.05) is 16.5 Å². The molecule has 2 heteroatoms. The standard InChI is InChI=1S/C40H25NO/c1-3-14-26(15-4-1)36-28-18-7-9-20-30(28)37(31-21-10-8-19-29(31)36)33-23-13-25-35-38(33)39-32-22-11-12-24-34(32)41(40(39)42-35)27-16-5-2-6-17-27/h1-25H. The molecular formula is C40H25NO. The highest BCUT2D eigenvalue weighted by Crippen LogP contribution is 2.48. The Morgan fingerprint density at radius 1 is 0.405 bits per heavy atom. The maximum Gasteiger partial charge on any atom is 0.213 e. The highest BCUT2D eigenvalue weighted by atomic mass is 16.3. The molecule has 0 atom stereocenters. The zero-order valence-corrected chi connectivity index (χ0v) is 22.8. The van der Waals surface area contributed by atoms with Crippen molar-refractivity contribution in [3.63, 3.8) is 0 Å². The molecule has 0 spiro atoms. The summed E-state index contributed by atoms with van der Waals surface area (Å²) in [5.41, 5.74) is 8.94. The Kier molecular flexibility index (Phi) is 4.93. The van der Waals surface area contributed by atoms with E-state index in [1.807, 2.05) is 0 Å². The summed E-state index contributed by atoms with van der Waals surface area (Å²) >= 11 is 0. The van der Waals surface area contributed by atoms with Gasteiger partial charge in [-0.2, -0.15) is 0 Å². The van der Waals surface area contributed by atoms with Crippen LogP contribution in [-0.4, -0.2) is 4.57 Å². The molecule has 2 nitrogen and oxygen atoms in total. The molecule has 2 aromatic heterocycles. The number of benzene rings is 7. The van der Waals surface area contributed by atoms with Crippen LogP contribution in [0.5, 0.6) is 0 Å². The maximum absolute atomic E-state index is 6.77. The molecule has 9 aromatic rings. The Labute approximate surface area is 242 Å². The van der Waals surface area contributed by atoms with E-state index in [4.69, 9.17) is 4.42 Å². The molecule has 0 saturated heterocycles. The van der Waals surface area contributed by atoms with Crippen molar-refractivity contribution in [2.24, 2.45) is 0 Å². The lowest BCUT2D eigenvalue weighted by atomic mass is 9.85. The van der Waals surface area contributed by atoms with E-state index in [9.17, 15) is 0 Å². The van der Waals surface area contributed by atoms with Crippen LogP contribution in [0.15, 0.2) is 156 Å². The monoisotopic (exact) mass is 535 g/mol. The van der Waals surface area contributed by atoms with Gasteiger partial charge in [0.25, 0.3) is 0 Å². The Balaban J connectivity index is 1.47. The van der Waals surface area contributed by atoms with E-state index in [0.29, 0.717) is 0 Å². The average molecular weight is 536 g/mol. The number of aromatic nitrogens is 1. The van der Waals surface area contributed by atoms with E-state index < -0.39 is 0 Å². The smallest absolute Gasteiger partial charge is 0.213 e. The highest BCUT2D eigenvalue weighted by Gasteiger charge is 2.24. The Bertz CT molecular complexity index is 2390. The van der Waals surface area contributed by atoms with Gasteiger partial charge in [-0.15, -0.1) is 0 Å². The molecule has 0 aliphatic carbocycles. The van der Waals surface area contributed by atoms with Crippen molar-refractivity contribution in [2.45, 2.75) is 0 Å². The number of hydrogen-bond acceptors (Lipinski definition) is 1. The quantitative estimate of drug-likeness (QED) is 0.206. The zero-order chi connectivity index (χ0) is 27.6. The molecule has 7 aromatic carbocycles. The third-order valence-corrected chi connectivity index (χ3v) is 8.59. The molecule has 0 aliphatic rings. The fraction of sp³-hybridized carbons (Fsp3) is 0. The van der Waals surface area contributed by atoms with Crippen LogP contribution in [0.1, 0.15) is 0 Å². The first-order chi connectivity index (χ1) is 20.9. The molecule has 0 aliphatic heterocycles. The van der Waals surface area contributed by atoms with Gasteiger partial charge in [-0.05, 0) is 68.1 Å². The van der Waals surface area contributed by atoms with Crippen LogP contribution in [0.2, 0.25) is 0 Å². The second-order valence-electron chi connectivity index (χ2n) is 10.9. The lowest BCUT2D eigenvalue weighted by molar-refractivity contribution is 0.645. The third-order valence-electron chi connectivity index (χ3n) is 8.59. The molecule has 0 saturated carbocycles. The first-order valence-electron chi connectivity index (χ1n) is 14.4. The predicted octanol–water partition coefficient (Wildman–Crippen LogP) is 11.2. The molecule has 0 fully saturated rings. The lowest BCUT2D eigenvalue weighted by Crippen LogP contribution is -1.91. The Hall–Kier alpha value is -5.60. The fourth-order valence-electron chi connectivity index (χ4n) is 6.91. The summed E-state index contributed by atoms with van der Waals surface area (Å²) < 4.78 is 9.02. The molecule has 196 valence electrons. The van der Waals surface area contributed by atoms with E-state index in [0.717, 1.165) is 33.3 Å². The number of rotatable bonds is 3. The largest absolute Gasteiger partial charge is 0.439 e. The summed E-state index contributed by atoms with van der Waals surface area (Å²) in [5.74, 6) is 0. The van der Waals surface area contributed by atoms with Crippen LogP contribution in [0.25, 0.3) is 82.5 Å². The number of hydrogen-bond donors (Lipinski definition) is 0. The van der Waals surface area contributed by atoms with Crippen LogP contribution in [0.4, 0.5) is 0 Å². The zero-order valence-electron chi connectivity index (χ0n) is 22.8. The van der Waals surface area contributed by atoms with E-state index >= 15 is 0 Å². The minimum atomic E-state index is 0.874. The first kappa shape index (κ1) is 23.1. The maximum atomic E-state index is 6.77. The summed E-state index contributed by atoms with van der Waals surface area (Å²) in [4.78, 5) is 0. The third kappa shape index (κ3) is 3.21. The molecular weight excluding hydrogens is 510 g/mol. The van der Waals surface area contributed by atoms with Crippen molar-refractivity contribution < 1.29 is 4.42 Å². The van der Waals surface area contributed by atoms with Crippen LogP contribution in [0.3, 0.4) is 0 Å². The van der Waals surface area contributed by atoms with Crippen LogP contribution in [-0.2, 0) is 0 Å². The summed E-state index contributed by atoms with van der Waals surface area (Å²) in [6.07, 6.45) is 0. The SMILES string of the molecule is c1ccc(-c2c3ccccc3c(-c3cccc4oc5c(c6ccccc6n5-c5ccccc5)c34)c3ccccc23)cc1. The van der Waals surface area contributed by atoms with Gasteiger partial charge < -0.3 is 4.42 Å². The molecule has 9 rings (SSSR count). The Morgan fingerprint density at radius 2 is 0.952 bits per heavy atom. The summed E-state index contributed by atoms with van der Waals surface area (Å²) in [7, 11) is 0. The number of furan rings is 1. The van der Waals surface area contributed by atoms with Gasteiger partial charge in [0.1, 0.15) is 5.58 Å². The lowest BCUT2D eigenvalue weighted by Gasteiger charge is -2.18. The van der Waals surface area contributed by atoms with Gasteiger partial charge in [0.15, 0.2) is 0 Å². The number of fused-ring (bicyclic) bond motifs is 7. The number of para-hydroxylation sites is 2. The second-order valence-corrected chi connectivity index (χ2v) is 10.9. The van der Waals surface area contributed by atoms with E-state index in [1.165, 1.54) is 49.2 Å². The topological polar surface area (TPSA) is 18.1 Å². The van der Waals surface area contributed by atoms with Crippen molar-refractivity contribution in [1.82, 2.24) is 4.57 Å². The van der Waals surface area contributed by atoms with Gasteiger partial charge in [0.05, 0.1) is 10.9 Å². The van der Waals surface area contributed by atoms with Crippen molar-refractivity contribution in [3.8, 4) is 27.9 Å². The normalized spacial score (nSPS) is 11.8. The van der Waals surface area contributed by atoms with Crippen molar-refractivity contribution >= 4 is 54.5 Å². The molecule has 2 heterocycles. The van der Waals surface area contributed by atoms with Crippen molar-refractivity contribution in [1.29, 1.82) is 0 Å². The molecule has 42 heavy (non-hydrogen) atoms. The van der Waals surface area contributed by atoms with Gasteiger partial charge in [-0.3, -0.25) is 4.57 Å². The first-order valence-corrected chi connectivity index (χ1v) is 14.4. The number of nitrogens with zero attached hydrogens (tertiary/aromatic N) is 1. The molecule has 0 N–H and O–H groups in total. The summed E-state index contributed by atoms with van der Waals surface area (Å²) in [6.45, 7) is 0. The molecule has 0 unspecified atom stereocenters. The minimum Gasteiger partial charge on any atom is -0.439 e. The minimum absolute atomic E-state index is 0.874. The summed E-state index contributed by atoms with van der Waals surface area (Å²) in [5, 5.41) is 8.48. The molecule has 0 amide bonds.